The Kier molecular flexibility index (Phi) is 4.82. The fourth-order valence-electron chi connectivity index (χ4n) is 3.07. The summed E-state index contributed by atoms with van der Waals surface area (Å²) in [6, 6.07) is 11.9. The molecule has 3 rings (SSSR count). The van der Waals surface area contributed by atoms with Crippen LogP contribution in [0.25, 0.3) is 11.3 Å². The molecule has 1 aromatic heterocycles. The topological polar surface area (TPSA) is 63.4 Å². The summed E-state index contributed by atoms with van der Waals surface area (Å²) in [5, 5.41) is 4.13. The highest BCUT2D eigenvalue weighted by Gasteiger charge is 2.32. The zero-order valence-electron chi connectivity index (χ0n) is 13.3. The average Bonchev–Trinajstić information content (AvgIpc) is 3.14. The molecule has 1 fully saturated rings. The lowest BCUT2D eigenvalue weighted by atomic mass is 10.1. The van der Waals surface area contributed by atoms with Gasteiger partial charge in [0.25, 0.3) is 0 Å². The van der Waals surface area contributed by atoms with Crippen molar-refractivity contribution in [2.45, 2.75) is 32.4 Å². The van der Waals surface area contributed by atoms with Crippen molar-refractivity contribution >= 4 is 9.84 Å². The molecule has 0 radical (unpaired) electrons. The molecular formula is C17H22N2O3S. The van der Waals surface area contributed by atoms with Crippen LogP contribution in [-0.2, 0) is 16.4 Å². The van der Waals surface area contributed by atoms with Crippen LogP contribution in [0.3, 0.4) is 0 Å². The zero-order chi connectivity index (χ0) is 16.3. The summed E-state index contributed by atoms with van der Waals surface area (Å²) in [5.74, 6) is 1.33. The van der Waals surface area contributed by atoms with E-state index in [0.29, 0.717) is 18.7 Å². The summed E-state index contributed by atoms with van der Waals surface area (Å²) < 4.78 is 28.9. The maximum absolute atomic E-state index is 11.7. The molecule has 1 saturated heterocycles. The predicted octanol–water partition coefficient (Wildman–Crippen LogP) is 2.74. The summed E-state index contributed by atoms with van der Waals surface area (Å²) in [7, 11) is -2.88. The first kappa shape index (κ1) is 16.2. The first-order chi connectivity index (χ1) is 11.1. The molecular weight excluding hydrogens is 312 g/mol. The van der Waals surface area contributed by atoms with Crippen molar-refractivity contribution in [1.82, 2.24) is 10.1 Å². The number of aromatic nitrogens is 1. The third kappa shape index (κ3) is 4.00. The Morgan fingerprint density at radius 1 is 1.30 bits per heavy atom. The summed E-state index contributed by atoms with van der Waals surface area (Å²) in [6.45, 7) is 3.57. The molecule has 2 aromatic rings. The zero-order valence-corrected chi connectivity index (χ0v) is 14.1. The van der Waals surface area contributed by atoms with E-state index in [9.17, 15) is 8.42 Å². The minimum absolute atomic E-state index is 0.0882. The number of sulfone groups is 1. The molecule has 5 nitrogen and oxygen atoms in total. The van der Waals surface area contributed by atoms with E-state index in [1.165, 1.54) is 0 Å². The first-order valence-electron chi connectivity index (χ1n) is 8.03. The summed E-state index contributed by atoms with van der Waals surface area (Å²) >= 11 is 0. The van der Waals surface area contributed by atoms with Gasteiger partial charge in [-0.15, -0.1) is 0 Å². The second-order valence-corrected chi connectivity index (χ2v) is 8.30. The van der Waals surface area contributed by atoms with Crippen LogP contribution >= 0.6 is 0 Å². The van der Waals surface area contributed by atoms with E-state index in [4.69, 9.17) is 4.52 Å². The van der Waals surface area contributed by atoms with Crippen LogP contribution in [0.1, 0.15) is 25.5 Å². The summed E-state index contributed by atoms with van der Waals surface area (Å²) in [6.07, 6.45) is 1.69. The van der Waals surface area contributed by atoms with Gasteiger partial charge in [-0.3, -0.25) is 4.90 Å². The van der Waals surface area contributed by atoms with Crippen molar-refractivity contribution in [3.8, 4) is 11.3 Å². The maximum atomic E-state index is 11.7. The van der Waals surface area contributed by atoms with Crippen LogP contribution < -0.4 is 0 Å². The van der Waals surface area contributed by atoms with Crippen LogP contribution in [0.2, 0.25) is 0 Å². The molecule has 0 N–H and O–H groups in total. The smallest absolute Gasteiger partial charge is 0.151 e. The summed E-state index contributed by atoms with van der Waals surface area (Å²) in [5.41, 5.74) is 1.84. The highest BCUT2D eigenvalue weighted by atomic mass is 32.2. The van der Waals surface area contributed by atoms with Crippen LogP contribution in [-0.4, -0.2) is 42.6 Å². The van der Waals surface area contributed by atoms with Gasteiger partial charge in [-0.25, -0.2) is 8.42 Å². The van der Waals surface area contributed by atoms with E-state index in [-0.39, 0.29) is 11.8 Å². The van der Waals surface area contributed by atoms with Crippen molar-refractivity contribution in [2.75, 3.05) is 18.1 Å². The van der Waals surface area contributed by atoms with Gasteiger partial charge in [-0.2, -0.15) is 0 Å². The third-order valence-corrected chi connectivity index (χ3v) is 5.97. The highest BCUT2D eigenvalue weighted by molar-refractivity contribution is 7.91. The number of hydrogen-bond acceptors (Lipinski definition) is 5. The Morgan fingerprint density at radius 2 is 2.09 bits per heavy atom. The van der Waals surface area contributed by atoms with Crippen molar-refractivity contribution < 1.29 is 12.9 Å². The monoisotopic (exact) mass is 334 g/mol. The van der Waals surface area contributed by atoms with Gasteiger partial charge in [0.1, 0.15) is 5.69 Å². The Bertz CT molecular complexity index is 740. The van der Waals surface area contributed by atoms with E-state index in [0.717, 1.165) is 30.0 Å². The molecule has 2 heterocycles. The number of benzene rings is 1. The lowest BCUT2D eigenvalue weighted by molar-refractivity contribution is 0.181. The second-order valence-electron chi connectivity index (χ2n) is 6.07. The molecule has 1 aromatic carbocycles. The molecule has 23 heavy (non-hydrogen) atoms. The normalized spacial score (nSPS) is 20.2. The molecule has 1 aliphatic rings. The van der Waals surface area contributed by atoms with Gasteiger partial charge in [-0.05, 0) is 19.4 Å². The van der Waals surface area contributed by atoms with Crippen LogP contribution in [0, 0.1) is 0 Å². The lowest BCUT2D eigenvalue weighted by Gasteiger charge is -2.26. The average molecular weight is 334 g/mol. The number of hydrogen-bond donors (Lipinski definition) is 0. The standard InChI is InChI=1S/C17H22N2O3S/c1-2-9-19(15-8-10-23(20,21)13-15)12-16-11-17(18-22-16)14-6-4-3-5-7-14/h3-7,11,15H,2,8-10,12-13H2,1H3/t15-/m0/s1. The molecule has 1 aliphatic heterocycles. The molecule has 0 spiro atoms. The molecule has 1 atom stereocenters. The van der Waals surface area contributed by atoms with Gasteiger partial charge < -0.3 is 4.52 Å². The first-order valence-corrected chi connectivity index (χ1v) is 9.85. The highest BCUT2D eigenvalue weighted by Crippen LogP contribution is 2.23. The van der Waals surface area contributed by atoms with E-state index >= 15 is 0 Å². The summed E-state index contributed by atoms with van der Waals surface area (Å²) in [4.78, 5) is 2.21. The molecule has 0 unspecified atom stereocenters. The van der Waals surface area contributed by atoms with E-state index in [2.05, 4.69) is 17.0 Å². The number of rotatable bonds is 6. The van der Waals surface area contributed by atoms with Crippen molar-refractivity contribution in [3.63, 3.8) is 0 Å². The molecule has 0 amide bonds. The van der Waals surface area contributed by atoms with E-state index < -0.39 is 9.84 Å². The Hall–Kier alpha value is -1.66. The van der Waals surface area contributed by atoms with Gasteiger partial charge in [0.15, 0.2) is 15.6 Å². The van der Waals surface area contributed by atoms with Crippen LogP contribution in [0.5, 0.6) is 0 Å². The van der Waals surface area contributed by atoms with Crippen LogP contribution in [0.15, 0.2) is 40.9 Å². The van der Waals surface area contributed by atoms with E-state index in [1.807, 2.05) is 36.4 Å². The minimum Gasteiger partial charge on any atom is -0.359 e. The molecule has 124 valence electrons. The Balaban J connectivity index is 1.72. The van der Waals surface area contributed by atoms with Gasteiger partial charge >= 0.3 is 0 Å². The number of nitrogens with zero attached hydrogens (tertiary/aromatic N) is 2. The predicted molar refractivity (Wildman–Crippen MR) is 89.7 cm³/mol. The fraction of sp³-hybridized carbons (Fsp3) is 0.471. The minimum atomic E-state index is -2.88. The Morgan fingerprint density at radius 3 is 2.74 bits per heavy atom. The Labute approximate surface area is 137 Å². The van der Waals surface area contributed by atoms with E-state index in [1.54, 1.807) is 0 Å². The molecule has 0 bridgehead atoms. The second kappa shape index (κ2) is 6.84. The fourth-order valence-corrected chi connectivity index (χ4v) is 4.84. The van der Waals surface area contributed by atoms with Crippen molar-refractivity contribution in [3.05, 3.63) is 42.2 Å². The lowest BCUT2D eigenvalue weighted by Crippen LogP contribution is -2.36. The van der Waals surface area contributed by atoms with Crippen LogP contribution in [0.4, 0.5) is 0 Å². The quantitative estimate of drug-likeness (QED) is 0.813. The van der Waals surface area contributed by atoms with Gasteiger partial charge in [0, 0.05) is 17.7 Å². The maximum Gasteiger partial charge on any atom is 0.151 e. The van der Waals surface area contributed by atoms with Gasteiger partial charge in [0.2, 0.25) is 0 Å². The van der Waals surface area contributed by atoms with Crippen molar-refractivity contribution in [2.24, 2.45) is 0 Å². The van der Waals surface area contributed by atoms with Gasteiger partial charge in [-0.1, -0.05) is 42.4 Å². The van der Waals surface area contributed by atoms with Gasteiger partial charge in [0.05, 0.1) is 18.1 Å². The molecule has 0 aliphatic carbocycles. The van der Waals surface area contributed by atoms with Crippen molar-refractivity contribution in [1.29, 1.82) is 0 Å². The largest absolute Gasteiger partial charge is 0.359 e. The molecule has 0 saturated carbocycles. The molecule has 6 heteroatoms. The SMILES string of the molecule is CCCN(Cc1cc(-c2ccccc2)no1)[C@H]1CCS(=O)(=O)C1. The third-order valence-electron chi connectivity index (χ3n) is 4.22.